The van der Waals surface area contributed by atoms with Crippen LogP contribution in [0.4, 0.5) is 5.69 Å². The van der Waals surface area contributed by atoms with Gasteiger partial charge in [0.05, 0.1) is 25.4 Å². The number of aryl methyl sites for hydroxylation is 1. The second kappa shape index (κ2) is 6.07. The lowest BCUT2D eigenvalue weighted by molar-refractivity contribution is 0.114. The minimum atomic E-state index is 0.347. The molecule has 2 N–H and O–H groups in total. The Morgan fingerprint density at radius 2 is 2.22 bits per heavy atom. The van der Waals surface area contributed by atoms with Crippen molar-refractivity contribution in [2.45, 2.75) is 32.2 Å². The first-order valence-electron chi connectivity index (χ1n) is 6.49. The van der Waals surface area contributed by atoms with Crippen LogP contribution in [0.5, 0.6) is 5.75 Å². The Morgan fingerprint density at radius 1 is 1.39 bits per heavy atom. The van der Waals surface area contributed by atoms with Crippen molar-refractivity contribution in [2.75, 3.05) is 25.2 Å². The molecule has 1 aliphatic heterocycles. The molecule has 0 aromatic heterocycles. The third-order valence-corrected chi connectivity index (χ3v) is 3.56. The van der Waals surface area contributed by atoms with E-state index < -0.39 is 0 Å². The molecule has 1 atom stereocenters. The van der Waals surface area contributed by atoms with E-state index in [2.05, 4.69) is 24.0 Å². The SMILES string of the molecule is COc1ccc(C)cc1N1CCCCC1CON. The highest BCUT2D eigenvalue weighted by Crippen LogP contribution is 2.33. The predicted molar refractivity (Wildman–Crippen MR) is 72.9 cm³/mol. The van der Waals surface area contributed by atoms with E-state index in [-0.39, 0.29) is 0 Å². The van der Waals surface area contributed by atoms with Crippen LogP contribution >= 0.6 is 0 Å². The van der Waals surface area contributed by atoms with Gasteiger partial charge in [0.1, 0.15) is 5.75 Å². The van der Waals surface area contributed by atoms with Crippen molar-refractivity contribution in [3.63, 3.8) is 0 Å². The maximum atomic E-state index is 5.47. The van der Waals surface area contributed by atoms with Gasteiger partial charge in [-0.2, -0.15) is 0 Å². The topological polar surface area (TPSA) is 47.7 Å². The van der Waals surface area contributed by atoms with Crippen molar-refractivity contribution in [1.82, 2.24) is 0 Å². The van der Waals surface area contributed by atoms with Crippen LogP contribution in [-0.4, -0.2) is 26.3 Å². The van der Waals surface area contributed by atoms with Crippen LogP contribution in [0.25, 0.3) is 0 Å². The average molecular weight is 250 g/mol. The van der Waals surface area contributed by atoms with Gasteiger partial charge in [-0.3, -0.25) is 0 Å². The van der Waals surface area contributed by atoms with Crippen molar-refractivity contribution in [3.05, 3.63) is 23.8 Å². The molecule has 0 radical (unpaired) electrons. The van der Waals surface area contributed by atoms with E-state index in [4.69, 9.17) is 15.5 Å². The second-order valence-electron chi connectivity index (χ2n) is 4.85. The normalized spacial score (nSPS) is 19.9. The molecule has 1 aliphatic rings. The summed E-state index contributed by atoms with van der Waals surface area (Å²) in [5, 5.41) is 0. The van der Waals surface area contributed by atoms with Crippen LogP contribution in [0.3, 0.4) is 0 Å². The highest BCUT2D eigenvalue weighted by atomic mass is 16.6. The molecule has 0 amide bonds. The van der Waals surface area contributed by atoms with E-state index in [0.29, 0.717) is 12.6 Å². The number of hydrogen-bond donors (Lipinski definition) is 1. The molecule has 1 unspecified atom stereocenters. The largest absolute Gasteiger partial charge is 0.495 e. The quantitative estimate of drug-likeness (QED) is 0.833. The van der Waals surface area contributed by atoms with Gasteiger partial charge in [0.25, 0.3) is 0 Å². The average Bonchev–Trinajstić information content (AvgIpc) is 2.40. The lowest BCUT2D eigenvalue weighted by Gasteiger charge is -2.37. The third kappa shape index (κ3) is 2.76. The van der Waals surface area contributed by atoms with Gasteiger partial charge in [-0.25, -0.2) is 5.90 Å². The van der Waals surface area contributed by atoms with Crippen LogP contribution in [0, 0.1) is 6.92 Å². The Kier molecular flexibility index (Phi) is 4.44. The summed E-state index contributed by atoms with van der Waals surface area (Å²) < 4.78 is 5.47. The first-order chi connectivity index (χ1) is 8.76. The van der Waals surface area contributed by atoms with Gasteiger partial charge in [0.15, 0.2) is 0 Å². The number of methoxy groups -OCH3 is 1. The summed E-state index contributed by atoms with van der Waals surface area (Å²) in [6.07, 6.45) is 3.56. The van der Waals surface area contributed by atoms with E-state index in [1.807, 2.05) is 6.07 Å². The molecule has 0 bridgehead atoms. The first-order valence-corrected chi connectivity index (χ1v) is 6.49. The van der Waals surface area contributed by atoms with Crippen molar-refractivity contribution >= 4 is 5.69 Å². The Hall–Kier alpha value is -1.26. The fourth-order valence-electron chi connectivity index (χ4n) is 2.63. The van der Waals surface area contributed by atoms with Crippen LogP contribution in [0.1, 0.15) is 24.8 Å². The number of hydrogen-bond acceptors (Lipinski definition) is 4. The zero-order chi connectivity index (χ0) is 13.0. The molecule has 1 aromatic carbocycles. The smallest absolute Gasteiger partial charge is 0.142 e. The molecule has 1 aromatic rings. The molecule has 0 saturated carbocycles. The fourth-order valence-corrected chi connectivity index (χ4v) is 2.63. The predicted octanol–water partition coefficient (Wildman–Crippen LogP) is 2.25. The maximum Gasteiger partial charge on any atom is 0.142 e. The molecular weight excluding hydrogens is 228 g/mol. The van der Waals surface area contributed by atoms with E-state index in [1.54, 1.807) is 7.11 Å². The number of anilines is 1. The summed E-state index contributed by atoms with van der Waals surface area (Å²) in [7, 11) is 1.71. The molecule has 1 fully saturated rings. The van der Waals surface area contributed by atoms with Gasteiger partial charge in [0.2, 0.25) is 0 Å². The number of benzene rings is 1. The fraction of sp³-hybridized carbons (Fsp3) is 0.571. The summed E-state index contributed by atoms with van der Waals surface area (Å²) in [5.74, 6) is 6.16. The summed E-state index contributed by atoms with van der Waals surface area (Å²) in [5.41, 5.74) is 2.39. The van der Waals surface area contributed by atoms with E-state index in [9.17, 15) is 0 Å². The molecular formula is C14H22N2O2. The summed E-state index contributed by atoms with van der Waals surface area (Å²) in [6.45, 7) is 3.70. The number of rotatable bonds is 4. The van der Waals surface area contributed by atoms with Gasteiger partial charge in [-0.05, 0) is 43.9 Å². The number of piperidine rings is 1. The molecule has 0 aliphatic carbocycles. The van der Waals surface area contributed by atoms with Crippen molar-refractivity contribution < 1.29 is 9.57 Å². The molecule has 100 valence electrons. The lowest BCUT2D eigenvalue weighted by atomic mass is 10.0. The van der Waals surface area contributed by atoms with E-state index in [0.717, 1.165) is 24.4 Å². The van der Waals surface area contributed by atoms with Crippen molar-refractivity contribution in [1.29, 1.82) is 0 Å². The van der Waals surface area contributed by atoms with Crippen LogP contribution in [0.15, 0.2) is 18.2 Å². The number of ether oxygens (including phenoxy) is 1. The monoisotopic (exact) mass is 250 g/mol. The molecule has 18 heavy (non-hydrogen) atoms. The zero-order valence-electron chi connectivity index (χ0n) is 11.2. The molecule has 1 heterocycles. The molecule has 1 saturated heterocycles. The summed E-state index contributed by atoms with van der Waals surface area (Å²) in [6, 6.07) is 6.62. The molecule has 0 spiro atoms. The third-order valence-electron chi connectivity index (χ3n) is 3.56. The maximum absolute atomic E-state index is 5.47. The van der Waals surface area contributed by atoms with Crippen molar-refractivity contribution in [3.8, 4) is 5.75 Å². The number of nitrogens with two attached hydrogens (primary N) is 1. The van der Waals surface area contributed by atoms with Gasteiger partial charge < -0.3 is 14.5 Å². The number of nitrogens with zero attached hydrogens (tertiary/aromatic N) is 1. The standard InChI is InChI=1S/C14H22N2O2/c1-11-6-7-14(17-2)13(9-11)16-8-4-3-5-12(16)10-18-15/h6-7,9,12H,3-5,8,10,15H2,1-2H3. The highest BCUT2D eigenvalue weighted by Gasteiger charge is 2.25. The first kappa shape index (κ1) is 13.2. The second-order valence-corrected chi connectivity index (χ2v) is 4.85. The zero-order valence-corrected chi connectivity index (χ0v) is 11.2. The Balaban J connectivity index is 2.29. The van der Waals surface area contributed by atoms with Crippen LogP contribution in [-0.2, 0) is 4.84 Å². The Bertz CT molecular complexity index is 393. The van der Waals surface area contributed by atoms with Gasteiger partial charge in [-0.1, -0.05) is 6.07 Å². The minimum absolute atomic E-state index is 0.347. The summed E-state index contributed by atoms with van der Waals surface area (Å²) in [4.78, 5) is 7.22. The van der Waals surface area contributed by atoms with Gasteiger partial charge in [-0.15, -0.1) is 0 Å². The van der Waals surface area contributed by atoms with Crippen LogP contribution < -0.4 is 15.5 Å². The molecule has 2 rings (SSSR count). The van der Waals surface area contributed by atoms with Crippen LogP contribution in [0.2, 0.25) is 0 Å². The highest BCUT2D eigenvalue weighted by molar-refractivity contribution is 5.61. The molecule has 4 heteroatoms. The van der Waals surface area contributed by atoms with Crippen molar-refractivity contribution in [2.24, 2.45) is 5.90 Å². The van der Waals surface area contributed by atoms with Gasteiger partial charge >= 0.3 is 0 Å². The Labute approximate surface area is 109 Å². The Morgan fingerprint density at radius 3 is 2.94 bits per heavy atom. The van der Waals surface area contributed by atoms with E-state index in [1.165, 1.54) is 18.4 Å². The van der Waals surface area contributed by atoms with E-state index >= 15 is 0 Å². The molecule has 4 nitrogen and oxygen atoms in total. The lowest BCUT2D eigenvalue weighted by Crippen LogP contribution is -2.43. The minimum Gasteiger partial charge on any atom is -0.495 e. The summed E-state index contributed by atoms with van der Waals surface area (Å²) >= 11 is 0. The van der Waals surface area contributed by atoms with Gasteiger partial charge in [0, 0.05) is 6.54 Å².